The standard InChI is InChI=1S/C51H30N4OS/c1-3-13-31(14-4-1)49-52-50(32-15-5-2-6-16-32)54-51(53-49)39-19-11-24-45-47(39)38-28-26-34(30-46(38)57-45)33-25-27-37-44(29-33)56-43-23-12-22-42(48(37)43)55-40-20-9-7-17-35(40)36-18-8-10-21-41(36)55/h1-30H. The van der Waals surface area contributed by atoms with E-state index in [2.05, 4.69) is 126 Å². The average Bonchev–Trinajstić information content (AvgIpc) is 3.96. The largest absolute Gasteiger partial charge is 0.456 e. The van der Waals surface area contributed by atoms with Crippen LogP contribution in [0, 0.1) is 0 Å². The lowest BCUT2D eigenvalue weighted by atomic mass is 10.00. The topological polar surface area (TPSA) is 56.7 Å². The van der Waals surface area contributed by atoms with Crippen molar-refractivity contribution in [2.75, 3.05) is 0 Å². The molecule has 0 atom stereocenters. The van der Waals surface area contributed by atoms with E-state index in [9.17, 15) is 0 Å². The van der Waals surface area contributed by atoms with E-state index in [-0.39, 0.29) is 0 Å². The zero-order chi connectivity index (χ0) is 37.5. The molecular weight excluding hydrogens is 717 g/mol. The van der Waals surface area contributed by atoms with E-state index in [4.69, 9.17) is 19.4 Å². The second-order valence-corrected chi connectivity index (χ2v) is 15.4. The van der Waals surface area contributed by atoms with Gasteiger partial charge in [0, 0.05) is 53.0 Å². The van der Waals surface area contributed by atoms with Crippen molar-refractivity contribution in [2.24, 2.45) is 0 Å². The number of benzene rings is 8. The van der Waals surface area contributed by atoms with Gasteiger partial charge >= 0.3 is 0 Å². The Balaban J connectivity index is 0.984. The summed E-state index contributed by atoms with van der Waals surface area (Å²) in [4.78, 5) is 15.1. The van der Waals surface area contributed by atoms with E-state index in [0.717, 1.165) is 60.8 Å². The van der Waals surface area contributed by atoms with E-state index in [0.29, 0.717) is 17.5 Å². The van der Waals surface area contributed by atoms with Crippen LogP contribution in [0.3, 0.4) is 0 Å². The highest BCUT2D eigenvalue weighted by atomic mass is 32.1. The Bertz CT molecular complexity index is 3420. The van der Waals surface area contributed by atoms with Crippen molar-refractivity contribution in [1.29, 1.82) is 0 Å². The molecule has 0 aliphatic heterocycles. The number of furan rings is 1. The van der Waals surface area contributed by atoms with Crippen LogP contribution in [0.15, 0.2) is 186 Å². The molecule has 0 spiro atoms. The molecule has 266 valence electrons. The Morgan fingerprint density at radius 3 is 1.68 bits per heavy atom. The molecule has 0 aliphatic carbocycles. The second-order valence-electron chi connectivity index (χ2n) is 14.4. The zero-order valence-corrected chi connectivity index (χ0v) is 31.2. The Labute approximate surface area is 330 Å². The molecule has 8 aromatic carbocycles. The van der Waals surface area contributed by atoms with Crippen LogP contribution in [-0.2, 0) is 0 Å². The highest BCUT2D eigenvalue weighted by Crippen LogP contribution is 2.43. The van der Waals surface area contributed by atoms with Crippen LogP contribution in [0.5, 0.6) is 0 Å². The van der Waals surface area contributed by atoms with Gasteiger partial charge in [0.15, 0.2) is 17.5 Å². The predicted molar refractivity (Wildman–Crippen MR) is 236 cm³/mol. The van der Waals surface area contributed by atoms with Gasteiger partial charge < -0.3 is 8.98 Å². The Morgan fingerprint density at radius 2 is 0.982 bits per heavy atom. The van der Waals surface area contributed by atoms with Gasteiger partial charge in [-0.15, -0.1) is 11.3 Å². The molecule has 0 aliphatic rings. The van der Waals surface area contributed by atoms with Crippen molar-refractivity contribution in [3.05, 3.63) is 182 Å². The lowest BCUT2D eigenvalue weighted by Crippen LogP contribution is -2.00. The van der Waals surface area contributed by atoms with Crippen LogP contribution in [0.4, 0.5) is 0 Å². The summed E-state index contributed by atoms with van der Waals surface area (Å²) in [5.41, 5.74) is 10.4. The Hall–Kier alpha value is -7.41. The first kappa shape index (κ1) is 31.9. The van der Waals surface area contributed by atoms with E-state index >= 15 is 0 Å². The number of hydrogen-bond acceptors (Lipinski definition) is 5. The molecule has 0 saturated carbocycles. The first-order valence-electron chi connectivity index (χ1n) is 19.0. The summed E-state index contributed by atoms with van der Waals surface area (Å²) in [5.74, 6) is 1.97. The van der Waals surface area contributed by atoms with E-state index in [1.807, 2.05) is 60.7 Å². The van der Waals surface area contributed by atoms with Crippen LogP contribution in [0.1, 0.15) is 0 Å². The molecule has 12 aromatic rings. The summed E-state index contributed by atoms with van der Waals surface area (Å²) < 4.78 is 11.4. The van der Waals surface area contributed by atoms with Gasteiger partial charge in [0.05, 0.1) is 22.1 Å². The van der Waals surface area contributed by atoms with Crippen molar-refractivity contribution in [3.8, 4) is 51.0 Å². The number of aromatic nitrogens is 4. The SMILES string of the molecule is c1ccc(-c2nc(-c3ccccc3)nc(-c3cccc4sc5cc(-c6ccc7c(c6)oc6cccc(-n8c9ccccc9c9ccccc98)c67)ccc5c34)n2)cc1. The molecular formula is C51H30N4OS. The fourth-order valence-corrected chi connectivity index (χ4v) is 9.65. The van der Waals surface area contributed by atoms with Crippen LogP contribution in [0.25, 0.3) is 115 Å². The van der Waals surface area contributed by atoms with Crippen molar-refractivity contribution in [2.45, 2.75) is 0 Å². The average molecular weight is 747 g/mol. The number of para-hydroxylation sites is 2. The Kier molecular flexibility index (Phi) is 7.03. The first-order valence-corrected chi connectivity index (χ1v) is 19.8. The van der Waals surface area contributed by atoms with Crippen LogP contribution in [0.2, 0.25) is 0 Å². The normalized spacial score (nSPS) is 11.9. The van der Waals surface area contributed by atoms with E-state index in [1.165, 1.54) is 36.6 Å². The lowest BCUT2D eigenvalue weighted by Gasteiger charge is -2.10. The third kappa shape index (κ3) is 5.04. The summed E-state index contributed by atoms with van der Waals surface area (Å²) in [5, 5.41) is 7.02. The highest BCUT2D eigenvalue weighted by molar-refractivity contribution is 7.26. The molecule has 0 fully saturated rings. The van der Waals surface area contributed by atoms with Gasteiger partial charge in [0.1, 0.15) is 11.2 Å². The molecule has 0 amide bonds. The third-order valence-electron chi connectivity index (χ3n) is 11.1. The molecule has 4 aromatic heterocycles. The monoisotopic (exact) mass is 746 g/mol. The number of hydrogen-bond donors (Lipinski definition) is 0. The summed E-state index contributed by atoms with van der Waals surface area (Å²) >= 11 is 1.79. The summed E-state index contributed by atoms with van der Waals surface area (Å²) in [7, 11) is 0. The van der Waals surface area contributed by atoms with E-state index in [1.54, 1.807) is 11.3 Å². The smallest absolute Gasteiger partial charge is 0.164 e. The van der Waals surface area contributed by atoms with Gasteiger partial charge in [0.2, 0.25) is 0 Å². The maximum absolute atomic E-state index is 6.63. The molecule has 0 unspecified atom stereocenters. The molecule has 57 heavy (non-hydrogen) atoms. The second kappa shape index (κ2) is 12.6. The number of thiophene rings is 1. The number of rotatable bonds is 5. The fourth-order valence-electron chi connectivity index (χ4n) is 8.48. The maximum atomic E-state index is 6.63. The molecule has 0 N–H and O–H groups in total. The highest BCUT2D eigenvalue weighted by Gasteiger charge is 2.20. The molecule has 0 radical (unpaired) electrons. The van der Waals surface area contributed by atoms with Crippen molar-refractivity contribution in [3.63, 3.8) is 0 Å². The molecule has 6 heteroatoms. The summed E-state index contributed by atoms with van der Waals surface area (Å²) in [6.45, 7) is 0. The van der Waals surface area contributed by atoms with Gasteiger partial charge in [0.25, 0.3) is 0 Å². The van der Waals surface area contributed by atoms with Crippen LogP contribution < -0.4 is 0 Å². The molecule has 4 heterocycles. The minimum absolute atomic E-state index is 0.654. The van der Waals surface area contributed by atoms with Gasteiger partial charge in [-0.05, 0) is 59.7 Å². The van der Waals surface area contributed by atoms with Gasteiger partial charge in [-0.2, -0.15) is 0 Å². The van der Waals surface area contributed by atoms with Gasteiger partial charge in [-0.25, -0.2) is 15.0 Å². The molecule has 12 rings (SSSR count). The number of nitrogens with zero attached hydrogens (tertiary/aromatic N) is 4. The Morgan fingerprint density at radius 1 is 0.386 bits per heavy atom. The minimum atomic E-state index is 0.654. The summed E-state index contributed by atoms with van der Waals surface area (Å²) in [6.07, 6.45) is 0. The molecule has 0 saturated heterocycles. The van der Waals surface area contributed by atoms with E-state index < -0.39 is 0 Å². The molecule has 0 bridgehead atoms. The molecule has 5 nitrogen and oxygen atoms in total. The zero-order valence-electron chi connectivity index (χ0n) is 30.4. The van der Waals surface area contributed by atoms with Crippen LogP contribution >= 0.6 is 11.3 Å². The van der Waals surface area contributed by atoms with Crippen molar-refractivity contribution >= 4 is 75.3 Å². The maximum Gasteiger partial charge on any atom is 0.164 e. The van der Waals surface area contributed by atoms with Crippen molar-refractivity contribution in [1.82, 2.24) is 19.5 Å². The fraction of sp³-hybridized carbons (Fsp3) is 0. The van der Waals surface area contributed by atoms with Gasteiger partial charge in [-0.1, -0.05) is 133 Å². The van der Waals surface area contributed by atoms with Crippen molar-refractivity contribution < 1.29 is 4.42 Å². The summed E-state index contributed by atoms with van der Waals surface area (Å²) in [6, 6.07) is 63.7. The quantitative estimate of drug-likeness (QED) is 0.176. The number of fused-ring (bicyclic) bond motifs is 9. The minimum Gasteiger partial charge on any atom is -0.456 e. The third-order valence-corrected chi connectivity index (χ3v) is 12.2. The van der Waals surface area contributed by atoms with Gasteiger partial charge in [-0.3, -0.25) is 0 Å². The van der Waals surface area contributed by atoms with Crippen LogP contribution in [-0.4, -0.2) is 19.5 Å². The first-order chi connectivity index (χ1) is 28.2. The predicted octanol–water partition coefficient (Wildman–Crippen LogP) is 13.9. The lowest BCUT2D eigenvalue weighted by molar-refractivity contribution is 0.669.